The molecule has 0 saturated heterocycles. The van der Waals surface area contributed by atoms with E-state index in [1.54, 1.807) is 22.6 Å². The molecule has 0 radical (unpaired) electrons. The van der Waals surface area contributed by atoms with Crippen LogP contribution in [0.3, 0.4) is 0 Å². The van der Waals surface area contributed by atoms with Crippen molar-refractivity contribution in [2.75, 3.05) is 0 Å². The molecular formula is C9H5F2IO3. The molecule has 1 aromatic rings. The van der Waals surface area contributed by atoms with Crippen LogP contribution in [0.4, 0.5) is 8.78 Å². The Bertz CT molecular complexity index is 393. The fourth-order valence-corrected chi connectivity index (χ4v) is 1.54. The number of hydrogen-bond donors (Lipinski definition) is 0. The quantitative estimate of drug-likeness (QED) is 0.631. The van der Waals surface area contributed by atoms with Crippen LogP contribution in [0, 0.1) is 3.57 Å². The number of benzene rings is 1. The fourth-order valence-electron chi connectivity index (χ4n) is 0.970. The zero-order valence-electron chi connectivity index (χ0n) is 7.25. The van der Waals surface area contributed by atoms with E-state index in [1.165, 1.54) is 12.1 Å². The molecule has 0 bridgehead atoms. The maximum absolute atomic E-state index is 11.9. The number of halogens is 3. The lowest BCUT2D eigenvalue weighted by Gasteiger charge is -2.08. The van der Waals surface area contributed by atoms with Gasteiger partial charge in [0.2, 0.25) is 0 Å². The summed E-state index contributed by atoms with van der Waals surface area (Å²) in [5, 5.41) is 0. The number of ether oxygens (including phenoxy) is 1. The van der Waals surface area contributed by atoms with Crippen molar-refractivity contribution in [3.05, 3.63) is 26.8 Å². The zero-order valence-corrected chi connectivity index (χ0v) is 9.40. The van der Waals surface area contributed by atoms with Crippen LogP contribution in [0.25, 0.3) is 0 Å². The third-order valence-corrected chi connectivity index (χ3v) is 2.53. The lowest BCUT2D eigenvalue weighted by atomic mass is 10.1. The molecule has 1 aromatic carbocycles. The standard InChI is InChI=1S/C9H5F2IO3/c10-9(11)15-8-2-7(12)5(3-13)1-6(8)4-14/h1-4,9H. The number of alkyl halides is 2. The van der Waals surface area contributed by atoms with E-state index in [1.807, 2.05) is 0 Å². The normalized spacial score (nSPS) is 10.1. The number of rotatable bonds is 4. The smallest absolute Gasteiger partial charge is 0.387 e. The molecule has 0 aliphatic rings. The highest BCUT2D eigenvalue weighted by Crippen LogP contribution is 2.24. The van der Waals surface area contributed by atoms with Gasteiger partial charge in [-0.2, -0.15) is 8.78 Å². The van der Waals surface area contributed by atoms with Gasteiger partial charge in [-0.15, -0.1) is 0 Å². The summed E-state index contributed by atoms with van der Waals surface area (Å²) >= 11 is 1.79. The highest BCUT2D eigenvalue weighted by molar-refractivity contribution is 14.1. The Morgan fingerprint density at radius 1 is 1.20 bits per heavy atom. The lowest BCUT2D eigenvalue weighted by molar-refractivity contribution is -0.0501. The van der Waals surface area contributed by atoms with Gasteiger partial charge in [0.05, 0.1) is 5.56 Å². The van der Waals surface area contributed by atoms with E-state index < -0.39 is 6.61 Å². The van der Waals surface area contributed by atoms with Crippen molar-refractivity contribution in [3.8, 4) is 5.75 Å². The predicted molar refractivity (Wildman–Crippen MR) is 56.6 cm³/mol. The van der Waals surface area contributed by atoms with Gasteiger partial charge in [0.1, 0.15) is 5.75 Å². The molecule has 1 rings (SSSR count). The van der Waals surface area contributed by atoms with Gasteiger partial charge >= 0.3 is 6.61 Å². The molecular weight excluding hydrogens is 321 g/mol. The highest BCUT2D eigenvalue weighted by Gasteiger charge is 2.12. The van der Waals surface area contributed by atoms with Gasteiger partial charge in [-0.25, -0.2) is 0 Å². The van der Waals surface area contributed by atoms with Gasteiger partial charge in [-0.05, 0) is 34.7 Å². The van der Waals surface area contributed by atoms with Crippen molar-refractivity contribution >= 4 is 35.2 Å². The van der Waals surface area contributed by atoms with Crippen LogP contribution in [0.5, 0.6) is 5.75 Å². The summed E-state index contributed by atoms with van der Waals surface area (Å²) in [5.41, 5.74) is 0.192. The van der Waals surface area contributed by atoms with Gasteiger partial charge in [-0.1, -0.05) is 0 Å². The number of carbonyl (C=O) groups is 2. The van der Waals surface area contributed by atoms with Gasteiger partial charge in [0.15, 0.2) is 12.6 Å². The molecule has 15 heavy (non-hydrogen) atoms. The third kappa shape index (κ3) is 2.95. The number of aldehydes is 2. The Balaban J connectivity index is 3.20. The van der Waals surface area contributed by atoms with E-state index in [-0.39, 0.29) is 16.9 Å². The van der Waals surface area contributed by atoms with Crippen molar-refractivity contribution in [3.63, 3.8) is 0 Å². The van der Waals surface area contributed by atoms with Crippen molar-refractivity contribution in [2.24, 2.45) is 0 Å². The summed E-state index contributed by atoms with van der Waals surface area (Å²) in [7, 11) is 0. The molecule has 0 N–H and O–H groups in total. The zero-order chi connectivity index (χ0) is 11.4. The molecule has 0 atom stereocenters. The van der Waals surface area contributed by atoms with Gasteiger partial charge < -0.3 is 4.74 Å². The van der Waals surface area contributed by atoms with Gasteiger partial charge in [0.25, 0.3) is 0 Å². The van der Waals surface area contributed by atoms with Crippen molar-refractivity contribution < 1.29 is 23.1 Å². The molecule has 0 spiro atoms. The Hall–Kier alpha value is -1.05. The molecule has 3 nitrogen and oxygen atoms in total. The SMILES string of the molecule is O=Cc1cc(C=O)c(OC(F)F)cc1I. The minimum absolute atomic E-state index is 0.0715. The summed E-state index contributed by atoms with van der Waals surface area (Å²) in [6, 6.07) is 2.43. The van der Waals surface area contributed by atoms with Crippen LogP contribution in [0.2, 0.25) is 0 Å². The Labute approximate surface area is 97.6 Å². The van der Waals surface area contributed by atoms with Crippen LogP contribution in [0.15, 0.2) is 12.1 Å². The van der Waals surface area contributed by atoms with Gasteiger partial charge in [0, 0.05) is 9.13 Å². The van der Waals surface area contributed by atoms with Crippen LogP contribution in [-0.4, -0.2) is 19.2 Å². The maximum atomic E-state index is 11.9. The van der Waals surface area contributed by atoms with Crippen molar-refractivity contribution in [1.82, 2.24) is 0 Å². The fraction of sp³-hybridized carbons (Fsp3) is 0.111. The summed E-state index contributed by atoms with van der Waals surface area (Å²) in [6.07, 6.45) is 0.904. The van der Waals surface area contributed by atoms with E-state index in [4.69, 9.17) is 0 Å². The largest absolute Gasteiger partial charge is 0.434 e. The first-order chi connectivity index (χ1) is 7.08. The molecule has 0 saturated carbocycles. The van der Waals surface area contributed by atoms with E-state index in [2.05, 4.69) is 4.74 Å². The van der Waals surface area contributed by atoms with Crippen molar-refractivity contribution in [2.45, 2.75) is 6.61 Å². The second-order valence-electron chi connectivity index (χ2n) is 2.53. The molecule has 0 amide bonds. The summed E-state index contributed by atoms with van der Waals surface area (Å²) in [5.74, 6) is -0.227. The lowest BCUT2D eigenvalue weighted by Crippen LogP contribution is -2.05. The molecule has 0 fully saturated rings. The van der Waals surface area contributed by atoms with Crippen molar-refractivity contribution in [1.29, 1.82) is 0 Å². The molecule has 0 heterocycles. The van der Waals surface area contributed by atoms with Crippen LogP contribution >= 0.6 is 22.6 Å². The third-order valence-electron chi connectivity index (χ3n) is 1.60. The first-order valence-electron chi connectivity index (χ1n) is 3.77. The molecule has 6 heteroatoms. The Morgan fingerprint density at radius 2 is 1.80 bits per heavy atom. The second kappa shape index (κ2) is 5.15. The van der Waals surface area contributed by atoms with Crippen LogP contribution in [-0.2, 0) is 0 Å². The van der Waals surface area contributed by atoms with Crippen LogP contribution < -0.4 is 4.74 Å². The first kappa shape index (κ1) is 12.0. The molecule has 0 aromatic heterocycles. The molecule has 0 unspecified atom stereocenters. The Morgan fingerprint density at radius 3 is 2.27 bits per heavy atom. The maximum Gasteiger partial charge on any atom is 0.387 e. The summed E-state index contributed by atoms with van der Waals surface area (Å²) in [4.78, 5) is 21.1. The van der Waals surface area contributed by atoms with E-state index >= 15 is 0 Å². The summed E-state index contributed by atoms with van der Waals surface area (Å²) in [6.45, 7) is -3.00. The van der Waals surface area contributed by atoms with Gasteiger partial charge in [-0.3, -0.25) is 9.59 Å². The average Bonchev–Trinajstić information content (AvgIpc) is 2.17. The Kier molecular flexibility index (Phi) is 4.13. The summed E-state index contributed by atoms with van der Waals surface area (Å²) < 4.78 is 28.5. The molecule has 0 aliphatic carbocycles. The monoisotopic (exact) mass is 326 g/mol. The minimum Gasteiger partial charge on any atom is -0.434 e. The minimum atomic E-state index is -3.00. The number of hydrogen-bond acceptors (Lipinski definition) is 3. The van der Waals surface area contributed by atoms with E-state index in [0.29, 0.717) is 16.1 Å². The topological polar surface area (TPSA) is 43.4 Å². The predicted octanol–water partition coefficient (Wildman–Crippen LogP) is 2.52. The number of carbonyl (C=O) groups excluding carboxylic acids is 2. The van der Waals surface area contributed by atoms with E-state index in [0.717, 1.165) is 0 Å². The second-order valence-corrected chi connectivity index (χ2v) is 3.69. The first-order valence-corrected chi connectivity index (χ1v) is 4.85. The van der Waals surface area contributed by atoms with Crippen LogP contribution in [0.1, 0.15) is 20.7 Å². The average molecular weight is 326 g/mol. The van der Waals surface area contributed by atoms with E-state index in [9.17, 15) is 18.4 Å². The molecule has 80 valence electrons. The highest BCUT2D eigenvalue weighted by atomic mass is 127. The molecule has 0 aliphatic heterocycles.